The van der Waals surface area contributed by atoms with Gasteiger partial charge in [0.05, 0.1) is 12.6 Å². The third-order valence-electron chi connectivity index (χ3n) is 7.69. The maximum Gasteiger partial charge on any atom is 0.147 e. The number of nitrogens with zero attached hydrogens (tertiary/aromatic N) is 1. The molecular weight excluding hydrogens is 375 g/mol. The first kappa shape index (κ1) is 18.4. The standard InChI is InChI=1S/C26H29FN2O/c1-30-19-5-2-4-17(10-19)23-15-29(13-16-8-9-16)14-18-11-22-20-6-3-7-24(27)26(20)28-25(22)12-21(18)23/h2-7,10,16,18,21,23,28H,8-9,11-15H2,1H3. The van der Waals surface area contributed by atoms with Gasteiger partial charge >= 0.3 is 0 Å². The zero-order valence-corrected chi connectivity index (χ0v) is 17.5. The molecule has 2 aliphatic carbocycles. The van der Waals surface area contributed by atoms with Crippen LogP contribution in [0.15, 0.2) is 42.5 Å². The first-order valence-electron chi connectivity index (χ1n) is 11.3. The van der Waals surface area contributed by atoms with Gasteiger partial charge in [-0.25, -0.2) is 4.39 Å². The highest BCUT2D eigenvalue weighted by molar-refractivity contribution is 5.85. The van der Waals surface area contributed by atoms with E-state index in [1.165, 1.54) is 42.8 Å². The minimum Gasteiger partial charge on any atom is -0.497 e. The van der Waals surface area contributed by atoms with E-state index in [0.717, 1.165) is 36.4 Å². The Bertz CT molecular complexity index is 1090. The monoisotopic (exact) mass is 404 g/mol. The summed E-state index contributed by atoms with van der Waals surface area (Å²) in [7, 11) is 1.74. The number of ether oxygens (including phenoxy) is 1. The third-order valence-corrected chi connectivity index (χ3v) is 7.69. The van der Waals surface area contributed by atoms with Crippen molar-refractivity contribution in [3.05, 3.63) is 65.1 Å². The number of hydrogen-bond donors (Lipinski definition) is 1. The number of methoxy groups -OCH3 is 1. The Morgan fingerprint density at radius 2 is 1.97 bits per heavy atom. The fourth-order valence-corrected chi connectivity index (χ4v) is 6.04. The number of halogens is 1. The lowest BCUT2D eigenvalue weighted by atomic mass is 9.67. The van der Waals surface area contributed by atoms with Gasteiger partial charge in [-0.15, -0.1) is 0 Å². The van der Waals surface area contributed by atoms with Crippen LogP contribution < -0.4 is 4.74 Å². The summed E-state index contributed by atoms with van der Waals surface area (Å²) >= 11 is 0. The van der Waals surface area contributed by atoms with Crippen molar-refractivity contribution < 1.29 is 9.13 Å². The van der Waals surface area contributed by atoms with Gasteiger partial charge in [-0.3, -0.25) is 0 Å². The average Bonchev–Trinajstić information content (AvgIpc) is 3.51. The van der Waals surface area contributed by atoms with Crippen molar-refractivity contribution >= 4 is 10.9 Å². The van der Waals surface area contributed by atoms with Crippen molar-refractivity contribution in [3.63, 3.8) is 0 Å². The van der Waals surface area contributed by atoms with Crippen LogP contribution in [0.2, 0.25) is 0 Å². The van der Waals surface area contributed by atoms with E-state index in [9.17, 15) is 4.39 Å². The number of likely N-dealkylation sites (tertiary alicyclic amines) is 1. The lowest BCUT2D eigenvalue weighted by Gasteiger charge is -2.46. The van der Waals surface area contributed by atoms with E-state index in [0.29, 0.717) is 23.3 Å². The fourth-order valence-electron chi connectivity index (χ4n) is 6.04. The highest BCUT2D eigenvalue weighted by Gasteiger charge is 2.42. The summed E-state index contributed by atoms with van der Waals surface area (Å²) in [6.07, 6.45) is 4.83. The number of benzene rings is 2. The number of aromatic amines is 1. The number of H-pyrrole nitrogens is 1. The number of fused-ring (bicyclic) bond motifs is 4. The first-order valence-corrected chi connectivity index (χ1v) is 11.3. The van der Waals surface area contributed by atoms with E-state index in [2.05, 4.69) is 34.1 Å². The van der Waals surface area contributed by atoms with Gasteiger partial charge in [0.25, 0.3) is 0 Å². The van der Waals surface area contributed by atoms with E-state index < -0.39 is 0 Å². The highest BCUT2D eigenvalue weighted by Crippen LogP contribution is 2.46. The summed E-state index contributed by atoms with van der Waals surface area (Å²) in [4.78, 5) is 6.16. The summed E-state index contributed by atoms with van der Waals surface area (Å²) in [5.74, 6) is 3.38. The number of hydrogen-bond acceptors (Lipinski definition) is 2. The molecule has 0 spiro atoms. The molecule has 3 nitrogen and oxygen atoms in total. The number of piperidine rings is 1. The second kappa shape index (κ2) is 7.12. The molecule has 2 heterocycles. The molecule has 3 unspecified atom stereocenters. The predicted molar refractivity (Wildman–Crippen MR) is 118 cm³/mol. The number of nitrogens with one attached hydrogen (secondary N) is 1. The highest BCUT2D eigenvalue weighted by atomic mass is 19.1. The quantitative estimate of drug-likeness (QED) is 0.651. The van der Waals surface area contributed by atoms with Crippen LogP contribution in [0, 0.1) is 23.6 Å². The minimum atomic E-state index is -0.135. The molecule has 156 valence electrons. The lowest BCUT2D eigenvalue weighted by Crippen LogP contribution is -2.48. The van der Waals surface area contributed by atoms with Crippen LogP contribution in [0.1, 0.15) is 35.6 Å². The molecule has 2 aromatic carbocycles. The minimum absolute atomic E-state index is 0.135. The second-order valence-corrected chi connectivity index (χ2v) is 9.62. The molecule has 3 aliphatic rings. The molecule has 1 aliphatic heterocycles. The maximum atomic E-state index is 14.4. The van der Waals surface area contributed by atoms with Gasteiger partial charge in [-0.1, -0.05) is 24.3 Å². The molecule has 1 aromatic heterocycles. The van der Waals surface area contributed by atoms with E-state index in [-0.39, 0.29) is 5.82 Å². The zero-order chi connectivity index (χ0) is 20.2. The van der Waals surface area contributed by atoms with Crippen molar-refractivity contribution in [2.45, 2.75) is 31.6 Å². The summed E-state index contributed by atoms with van der Waals surface area (Å²) in [6, 6.07) is 14.1. The molecule has 6 rings (SSSR count). The third kappa shape index (κ3) is 3.13. The van der Waals surface area contributed by atoms with Crippen LogP contribution in [0.3, 0.4) is 0 Å². The van der Waals surface area contributed by atoms with Gasteiger partial charge < -0.3 is 14.6 Å². The second-order valence-electron chi connectivity index (χ2n) is 9.62. The molecule has 3 atom stereocenters. The van der Waals surface area contributed by atoms with Gasteiger partial charge in [0.1, 0.15) is 11.6 Å². The molecule has 30 heavy (non-hydrogen) atoms. The van der Waals surface area contributed by atoms with Gasteiger partial charge in [-0.05, 0) is 72.8 Å². The Balaban J connectivity index is 1.39. The summed E-state index contributed by atoms with van der Waals surface area (Å²) in [5.41, 5.74) is 4.67. The van der Waals surface area contributed by atoms with Gasteiger partial charge in [0, 0.05) is 36.6 Å². The van der Waals surface area contributed by atoms with E-state index >= 15 is 0 Å². The Morgan fingerprint density at radius 3 is 2.80 bits per heavy atom. The Morgan fingerprint density at radius 1 is 1.10 bits per heavy atom. The summed E-state index contributed by atoms with van der Waals surface area (Å²) in [5, 5.41) is 1.08. The van der Waals surface area contributed by atoms with Crippen LogP contribution in [0.4, 0.5) is 4.39 Å². The Labute approximate surface area is 177 Å². The molecule has 0 radical (unpaired) electrons. The van der Waals surface area contributed by atoms with Gasteiger partial charge in [0.2, 0.25) is 0 Å². The first-order chi connectivity index (χ1) is 14.7. The van der Waals surface area contributed by atoms with E-state index in [1.807, 2.05) is 12.1 Å². The maximum absolute atomic E-state index is 14.4. The number of para-hydroxylation sites is 1. The smallest absolute Gasteiger partial charge is 0.147 e. The molecule has 3 aromatic rings. The topological polar surface area (TPSA) is 28.3 Å². The molecule has 1 saturated heterocycles. The largest absolute Gasteiger partial charge is 0.497 e. The van der Waals surface area contributed by atoms with Gasteiger partial charge in [0.15, 0.2) is 0 Å². The summed E-state index contributed by atoms with van der Waals surface area (Å²) in [6.45, 7) is 3.52. The van der Waals surface area contributed by atoms with E-state index in [1.54, 1.807) is 13.2 Å². The zero-order valence-electron chi connectivity index (χ0n) is 17.5. The van der Waals surface area contributed by atoms with Crippen LogP contribution in [-0.2, 0) is 12.8 Å². The number of rotatable bonds is 4. The lowest BCUT2D eigenvalue weighted by molar-refractivity contribution is 0.0850. The Hall–Kier alpha value is -2.33. The SMILES string of the molecule is COc1cccc(C2CN(CC3CC3)CC3Cc4c([nH]c5c(F)cccc45)CC32)c1. The summed E-state index contributed by atoms with van der Waals surface area (Å²) < 4.78 is 20.0. The Kier molecular flexibility index (Phi) is 4.38. The molecule has 1 saturated carbocycles. The van der Waals surface area contributed by atoms with Crippen LogP contribution in [-0.4, -0.2) is 36.6 Å². The van der Waals surface area contributed by atoms with Gasteiger partial charge in [-0.2, -0.15) is 0 Å². The van der Waals surface area contributed by atoms with Crippen LogP contribution in [0.5, 0.6) is 5.75 Å². The van der Waals surface area contributed by atoms with Crippen molar-refractivity contribution in [1.82, 2.24) is 9.88 Å². The van der Waals surface area contributed by atoms with Crippen molar-refractivity contribution in [2.75, 3.05) is 26.7 Å². The molecule has 0 bridgehead atoms. The van der Waals surface area contributed by atoms with Crippen molar-refractivity contribution in [2.24, 2.45) is 17.8 Å². The molecule has 0 amide bonds. The molecule has 4 heteroatoms. The number of aromatic nitrogens is 1. The molecular formula is C26H29FN2O. The van der Waals surface area contributed by atoms with Crippen molar-refractivity contribution in [1.29, 1.82) is 0 Å². The van der Waals surface area contributed by atoms with Crippen molar-refractivity contribution in [3.8, 4) is 5.75 Å². The predicted octanol–water partition coefficient (Wildman–Crippen LogP) is 5.16. The normalized spacial score (nSPS) is 26.4. The average molecular weight is 405 g/mol. The molecule has 2 fully saturated rings. The van der Waals surface area contributed by atoms with Crippen LogP contribution in [0.25, 0.3) is 10.9 Å². The van der Waals surface area contributed by atoms with E-state index in [4.69, 9.17) is 4.74 Å². The molecule has 1 N–H and O–H groups in total. The fraction of sp³-hybridized carbons (Fsp3) is 0.462. The van der Waals surface area contributed by atoms with Crippen LogP contribution >= 0.6 is 0 Å².